The van der Waals surface area contributed by atoms with Gasteiger partial charge in [0.1, 0.15) is 11.5 Å². The lowest BCUT2D eigenvalue weighted by Crippen LogP contribution is -2.63. The summed E-state index contributed by atoms with van der Waals surface area (Å²) in [6.07, 6.45) is -0.662. The Hall–Kier alpha value is -2.39. The van der Waals surface area contributed by atoms with Crippen LogP contribution in [0.1, 0.15) is 20.3 Å². The highest BCUT2D eigenvalue weighted by Crippen LogP contribution is 2.52. The van der Waals surface area contributed by atoms with E-state index in [4.69, 9.17) is 0 Å². The number of aliphatic hydroxyl groups excluding tert-OH is 1. The van der Waals surface area contributed by atoms with Crippen LogP contribution in [0, 0.1) is 17.7 Å². The van der Waals surface area contributed by atoms with Gasteiger partial charge in [-0.3, -0.25) is 9.59 Å². The van der Waals surface area contributed by atoms with Crippen molar-refractivity contribution in [3.05, 3.63) is 40.7 Å². The zero-order valence-corrected chi connectivity index (χ0v) is 16.7. The molecule has 2 amide bonds. The van der Waals surface area contributed by atoms with Crippen LogP contribution in [0.5, 0.6) is 0 Å². The first-order chi connectivity index (χ1) is 13.7. The quantitative estimate of drug-likeness (QED) is 0.705. The third kappa shape index (κ3) is 3.12. The van der Waals surface area contributed by atoms with Gasteiger partial charge in [0, 0.05) is 34.7 Å². The Kier molecular flexibility index (Phi) is 4.90. The molecule has 154 valence electrons. The van der Waals surface area contributed by atoms with Crippen LogP contribution < -0.4 is 4.90 Å². The number of benzene rings is 1. The molecule has 1 aromatic carbocycles. The molecule has 0 spiro atoms. The van der Waals surface area contributed by atoms with Crippen molar-refractivity contribution in [3.63, 3.8) is 0 Å². The molecule has 9 heteroatoms. The molecule has 2 saturated heterocycles. The van der Waals surface area contributed by atoms with Crippen molar-refractivity contribution in [2.75, 3.05) is 11.4 Å². The van der Waals surface area contributed by atoms with Crippen molar-refractivity contribution in [3.8, 4) is 0 Å². The maximum absolute atomic E-state index is 13.5. The first-order valence-corrected chi connectivity index (χ1v) is 10.3. The van der Waals surface area contributed by atoms with Crippen LogP contribution in [0.15, 0.2) is 34.9 Å². The number of halogens is 1. The number of rotatable bonds is 5. The number of anilines is 1. The fourth-order valence-electron chi connectivity index (χ4n) is 4.51. The highest BCUT2D eigenvalue weighted by molar-refractivity contribution is 8.03. The highest BCUT2D eigenvalue weighted by atomic mass is 32.2. The molecule has 3 aliphatic heterocycles. The average molecular weight is 420 g/mol. The fraction of sp³-hybridized carbons (Fsp3) is 0.450. The number of thioether (sulfide) groups is 1. The number of carbonyl (C=O) groups excluding carboxylic acids is 2. The minimum Gasteiger partial charge on any atom is -0.477 e. The van der Waals surface area contributed by atoms with E-state index < -0.39 is 23.8 Å². The van der Waals surface area contributed by atoms with Gasteiger partial charge < -0.3 is 20.0 Å². The van der Waals surface area contributed by atoms with Gasteiger partial charge in [-0.15, -0.1) is 11.8 Å². The minimum absolute atomic E-state index is 0.0499. The first-order valence-electron chi connectivity index (χ1n) is 9.42. The second-order valence-electron chi connectivity index (χ2n) is 7.70. The number of β-lactam (4-membered cyclic amide) rings is 1. The molecule has 3 aliphatic rings. The minimum atomic E-state index is -1.19. The van der Waals surface area contributed by atoms with E-state index >= 15 is 0 Å². The molecule has 0 aromatic heterocycles. The summed E-state index contributed by atoms with van der Waals surface area (Å²) in [6.45, 7) is 3.71. The molecule has 0 aliphatic carbocycles. The van der Waals surface area contributed by atoms with E-state index in [1.54, 1.807) is 6.07 Å². The van der Waals surface area contributed by atoms with Gasteiger partial charge in [0.25, 0.3) is 0 Å². The highest BCUT2D eigenvalue weighted by Gasteiger charge is 2.60. The number of carboxylic acids is 1. The standard InChI is InChI=1S/C20H21FN2O5S/c1-9-16-15(10(2)24)19(26)23(16)17(20(27)28)18(9)29-13-7-14(25)22(8-13)12-5-3-4-11(21)6-12/h3-6,9-10,13,15-16,24H,7-8H2,1-2H3,(H,27,28)/t9?,10?,13-,15?,16?/m0/s1. The van der Waals surface area contributed by atoms with Crippen molar-refractivity contribution < 1.29 is 29.0 Å². The zero-order chi connectivity index (χ0) is 21.0. The normalized spacial score (nSPS) is 29.9. The monoisotopic (exact) mass is 420 g/mol. The number of aliphatic hydroxyl groups is 1. The van der Waals surface area contributed by atoms with Gasteiger partial charge in [0.05, 0.1) is 18.1 Å². The van der Waals surface area contributed by atoms with Gasteiger partial charge in [-0.1, -0.05) is 13.0 Å². The van der Waals surface area contributed by atoms with Gasteiger partial charge in [-0.05, 0) is 25.1 Å². The van der Waals surface area contributed by atoms with Crippen LogP contribution in [0.3, 0.4) is 0 Å². The van der Waals surface area contributed by atoms with Crippen LogP contribution in [0.4, 0.5) is 10.1 Å². The summed E-state index contributed by atoms with van der Waals surface area (Å²) in [5.74, 6) is -3.02. The molecular formula is C20H21FN2O5S. The number of amides is 2. The van der Waals surface area contributed by atoms with Crippen molar-refractivity contribution in [1.29, 1.82) is 0 Å². The van der Waals surface area contributed by atoms with Crippen molar-refractivity contribution >= 4 is 35.2 Å². The maximum atomic E-state index is 13.5. The van der Waals surface area contributed by atoms with E-state index in [2.05, 4.69) is 0 Å². The molecule has 1 aromatic rings. The number of fused-ring (bicyclic) bond motifs is 1. The Morgan fingerprint density at radius 1 is 1.34 bits per heavy atom. The number of hydrogen-bond donors (Lipinski definition) is 2. The second kappa shape index (κ2) is 7.14. The summed E-state index contributed by atoms with van der Waals surface area (Å²) in [5, 5.41) is 19.4. The summed E-state index contributed by atoms with van der Waals surface area (Å²) < 4.78 is 13.5. The predicted octanol–water partition coefficient (Wildman–Crippen LogP) is 1.82. The SMILES string of the molecule is CC(O)C1C(=O)N2C(C(=O)O)=C(S[C@H]3CC(=O)N(c4cccc(F)c4)C3)C(C)C12. The molecular weight excluding hydrogens is 399 g/mol. The van der Waals surface area contributed by atoms with Crippen molar-refractivity contribution in [1.82, 2.24) is 4.90 Å². The van der Waals surface area contributed by atoms with Crippen LogP contribution in [-0.4, -0.2) is 56.8 Å². The van der Waals surface area contributed by atoms with E-state index in [9.17, 15) is 29.0 Å². The number of nitrogens with zero attached hydrogens (tertiary/aromatic N) is 2. The summed E-state index contributed by atoms with van der Waals surface area (Å²) in [6, 6.07) is 5.41. The van der Waals surface area contributed by atoms with Gasteiger partial charge >= 0.3 is 5.97 Å². The Morgan fingerprint density at radius 2 is 2.07 bits per heavy atom. The number of carbonyl (C=O) groups is 3. The molecule has 4 rings (SSSR count). The molecule has 0 radical (unpaired) electrons. The maximum Gasteiger partial charge on any atom is 0.353 e. The summed E-state index contributed by atoms with van der Waals surface area (Å²) >= 11 is 1.30. The molecule has 3 heterocycles. The smallest absolute Gasteiger partial charge is 0.353 e. The Bertz CT molecular complexity index is 933. The molecule has 4 unspecified atom stereocenters. The largest absolute Gasteiger partial charge is 0.477 e. The Labute approximate surface area is 171 Å². The molecule has 7 nitrogen and oxygen atoms in total. The third-order valence-electron chi connectivity index (χ3n) is 5.81. The third-order valence-corrected chi connectivity index (χ3v) is 7.28. The first kappa shape index (κ1) is 19.9. The second-order valence-corrected chi connectivity index (χ2v) is 9.04. The average Bonchev–Trinajstić information content (AvgIpc) is 3.11. The van der Waals surface area contributed by atoms with Gasteiger partial charge in [0.15, 0.2) is 0 Å². The summed E-state index contributed by atoms with van der Waals surface area (Å²) in [7, 11) is 0. The Balaban J connectivity index is 1.57. The van der Waals surface area contributed by atoms with Crippen LogP contribution in [0.25, 0.3) is 0 Å². The number of aliphatic carboxylic acids is 1. The van der Waals surface area contributed by atoms with Crippen LogP contribution >= 0.6 is 11.8 Å². The molecule has 2 N–H and O–H groups in total. The fourth-order valence-corrected chi connectivity index (χ4v) is 5.97. The topological polar surface area (TPSA) is 98.1 Å². The lowest BCUT2D eigenvalue weighted by molar-refractivity contribution is -0.163. The molecule has 2 fully saturated rings. The molecule has 0 saturated carbocycles. The van der Waals surface area contributed by atoms with E-state index in [-0.39, 0.29) is 41.1 Å². The summed E-state index contributed by atoms with van der Waals surface area (Å²) in [4.78, 5) is 40.1. The van der Waals surface area contributed by atoms with E-state index in [1.807, 2.05) is 6.92 Å². The van der Waals surface area contributed by atoms with E-state index in [0.29, 0.717) is 17.1 Å². The van der Waals surface area contributed by atoms with Crippen LogP contribution in [-0.2, 0) is 14.4 Å². The van der Waals surface area contributed by atoms with Crippen molar-refractivity contribution in [2.45, 2.75) is 37.7 Å². The van der Waals surface area contributed by atoms with Gasteiger partial charge in [0.2, 0.25) is 11.8 Å². The molecule has 5 atom stereocenters. The molecule has 29 heavy (non-hydrogen) atoms. The lowest BCUT2D eigenvalue weighted by atomic mass is 9.79. The lowest BCUT2D eigenvalue weighted by Gasteiger charge is -2.46. The van der Waals surface area contributed by atoms with Gasteiger partial charge in [-0.2, -0.15) is 0 Å². The molecule has 0 bridgehead atoms. The van der Waals surface area contributed by atoms with E-state index in [1.165, 1.54) is 46.7 Å². The predicted molar refractivity (Wildman–Crippen MR) is 104 cm³/mol. The number of carboxylic acid groups (broad SMARTS) is 1. The Morgan fingerprint density at radius 3 is 2.69 bits per heavy atom. The zero-order valence-electron chi connectivity index (χ0n) is 15.9. The number of hydrogen-bond acceptors (Lipinski definition) is 5. The summed E-state index contributed by atoms with van der Waals surface area (Å²) in [5.41, 5.74) is 0.421. The van der Waals surface area contributed by atoms with Gasteiger partial charge in [-0.25, -0.2) is 9.18 Å². The van der Waals surface area contributed by atoms with Crippen molar-refractivity contribution in [2.24, 2.45) is 11.8 Å². The van der Waals surface area contributed by atoms with E-state index in [0.717, 1.165) is 0 Å². The van der Waals surface area contributed by atoms with Crippen LogP contribution in [0.2, 0.25) is 0 Å².